The second-order valence-electron chi connectivity index (χ2n) is 5.94. The van der Waals surface area contributed by atoms with Crippen molar-refractivity contribution in [3.63, 3.8) is 0 Å². The predicted octanol–water partition coefficient (Wildman–Crippen LogP) is -0.0473. The van der Waals surface area contributed by atoms with Crippen LogP contribution < -0.4 is 4.74 Å². The van der Waals surface area contributed by atoms with Crippen molar-refractivity contribution in [3.05, 3.63) is 47.6 Å². The Hall–Kier alpha value is -2.23. The van der Waals surface area contributed by atoms with Gasteiger partial charge in [0.25, 0.3) is 0 Å². The van der Waals surface area contributed by atoms with Crippen LogP contribution in [0.1, 0.15) is 22.8 Å². The maximum absolute atomic E-state index is 12.2. The molecule has 0 amide bonds. The van der Waals surface area contributed by atoms with Gasteiger partial charge in [-0.1, -0.05) is 24.3 Å². The number of carbonyl (C=O) groups is 1. The van der Waals surface area contributed by atoms with Gasteiger partial charge in [0.05, 0.1) is 6.61 Å². The van der Waals surface area contributed by atoms with E-state index >= 15 is 0 Å². The first-order valence-electron chi connectivity index (χ1n) is 8.13. The maximum Gasteiger partial charge on any atom is 0.348 e. The van der Waals surface area contributed by atoms with Gasteiger partial charge < -0.3 is 34.6 Å². The summed E-state index contributed by atoms with van der Waals surface area (Å²) in [5, 5.41) is 39.0. The average Bonchev–Trinajstić information content (AvgIpc) is 2.97. The Morgan fingerprint density at radius 3 is 2.65 bits per heavy atom. The van der Waals surface area contributed by atoms with Crippen LogP contribution in [-0.2, 0) is 9.47 Å². The summed E-state index contributed by atoms with van der Waals surface area (Å²) in [4.78, 5) is 12.2. The molecule has 0 radical (unpaired) electrons. The molecule has 2 heterocycles. The first-order chi connectivity index (χ1) is 12.5. The molecule has 2 aliphatic rings. The summed E-state index contributed by atoms with van der Waals surface area (Å²) < 4.78 is 16.1. The van der Waals surface area contributed by atoms with Crippen molar-refractivity contribution in [1.82, 2.24) is 0 Å². The van der Waals surface area contributed by atoms with Crippen molar-refractivity contribution in [2.45, 2.75) is 37.6 Å². The molecule has 5 atom stereocenters. The Balaban J connectivity index is 1.90. The number of allylic oxidation sites excluding steroid dienone is 3. The number of rotatable bonds is 4. The highest BCUT2D eigenvalue weighted by molar-refractivity contribution is 6.05. The molecule has 3 rings (SSSR count). The van der Waals surface area contributed by atoms with Crippen molar-refractivity contribution in [1.29, 1.82) is 0 Å². The van der Waals surface area contributed by atoms with Gasteiger partial charge in [-0.05, 0) is 19.1 Å². The largest absolute Gasteiger partial charge is 0.461 e. The van der Waals surface area contributed by atoms with E-state index in [0.717, 1.165) is 0 Å². The van der Waals surface area contributed by atoms with Gasteiger partial charge in [-0.15, -0.1) is 0 Å². The molecule has 0 saturated carbocycles. The van der Waals surface area contributed by atoms with Gasteiger partial charge in [0.1, 0.15) is 41.5 Å². The van der Waals surface area contributed by atoms with Crippen LogP contribution in [0.3, 0.4) is 0 Å². The molecule has 26 heavy (non-hydrogen) atoms. The minimum Gasteiger partial charge on any atom is -0.461 e. The number of carbonyl (C=O) groups excluding carboxylic acids is 1. The number of fused-ring (bicyclic) bond motifs is 1. The molecular formula is C18H20O8. The van der Waals surface area contributed by atoms with E-state index in [0.29, 0.717) is 11.3 Å². The number of cyclic esters (lactones) is 1. The molecule has 1 fully saturated rings. The van der Waals surface area contributed by atoms with E-state index in [1.54, 1.807) is 30.4 Å². The number of benzene rings is 1. The Morgan fingerprint density at radius 2 is 1.96 bits per heavy atom. The minimum absolute atomic E-state index is 0.0979. The molecule has 0 spiro atoms. The SMILES string of the molecule is C/C=C/C=C1\OC(=O)c2c(O[C@@H]3OC(CO)[C@@H](O)C(O)C3O)cccc21. The van der Waals surface area contributed by atoms with Gasteiger partial charge in [0.2, 0.25) is 6.29 Å². The fraction of sp³-hybridized carbons (Fsp3) is 0.389. The highest BCUT2D eigenvalue weighted by atomic mass is 16.7. The summed E-state index contributed by atoms with van der Waals surface area (Å²) in [7, 11) is 0. The summed E-state index contributed by atoms with van der Waals surface area (Å²) in [6.07, 6.45) is -1.96. The third kappa shape index (κ3) is 3.25. The Bertz CT molecular complexity index is 739. The van der Waals surface area contributed by atoms with E-state index in [1.165, 1.54) is 6.07 Å². The monoisotopic (exact) mass is 364 g/mol. The first-order valence-corrected chi connectivity index (χ1v) is 8.13. The zero-order valence-electron chi connectivity index (χ0n) is 14.0. The molecule has 1 saturated heterocycles. The van der Waals surface area contributed by atoms with Gasteiger partial charge in [-0.2, -0.15) is 0 Å². The summed E-state index contributed by atoms with van der Waals surface area (Å²) in [5.74, 6) is -0.154. The highest BCUT2D eigenvalue weighted by Crippen LogP contribution is 2.37. The van der Waals surface area contributed by atoms with Crippen LogP contribution in [-0.4, -0.2) is 63.7 Å². The average molecular weight is 364 g/mol. The quantitative estimate of drug-likeness (QED) is 0.548. The Labute approximate surface area is 149 Å². The third-order valence-corrected chi connectivity index (χ3v) is 4.23. The first kappa shape index (κ1) is 18.6. The Kier molecular flexibility index (Phi) is 5.40. The third-order valence-electron chi connectivity index (χ3n) is 4.23. The molecule has 3 unspecified atom stereocenters. The van der Waals surface area contributed by atoms with Crippen molar-refractivity contribution in [2.75, 3.05) is 6.61 Å². The molecule has 8 heteroatoms. The number of hydrogen-bond donors (Lipinski definition) is 4. The number of hydrogen-bond acceptors (Lipinski definition) is 8. The van der Waals surface area contributed by atoms with Crippen LogP contribution in [0, 0.1) is 0 Å². The lowest BCUT2D eigenvalue weighted by Gasteiger charge is -2.39. The maximum atomic E-state index is 12.2. The number of ether oxygens (including phenoxy) is 3. The summed E-state index contributed by atoms with van der Waals surface area (Å²) >= 11 is 0. The molecule has 2 aliphatic heterocycles. The minimum atomic E-state index is -1.57. The van der Waals surface area contributed by atoms with Crippen molar-refractivity contribution in [3.8, 4) is 5.75 Å². The predicted molar refractivity (Wildman–Crippen MR) is 89.0 cm³/mol. The van der Waals surface area contributed by atoms with E-state index in [4.69, 9.17) is 14.2 Å². The van der Waals surface area contributed by atoms with Crippen LogP contribution in [0.2, 0.25) is 0 Å². The van der Waals surface area contributed by atoms with Crippen LogP contribution in [0.5, 0.6) is 5.75 Å². The molecule has 1 aromatic carbocycles. The zero-order chi connectivity index (χ0) is 18.8. The molecule has 0 bridgehead atoms. The van der Waals surface area contributed by atoms with Gasteiger partial charge >= 0.3 is 5.97 Å². The lowest BCUT2D eigenvalue weighted by atomic mass is 9.99. The van der Waals surface area contributed by atoms with Gasteiger partial charge in [-0.25, -0.2) is 4.79 Å². The van der Waals surface area contributed by atoms with E-state index in [2.05, 4.69) is 0 Å². The van der Waals surface area contributed by atoms with Gasteiger partial charge in [-0.3, -0.25) is 0 Å². The fourth-order valence-corrected chi connectivity index (χ4v) is 2.85. The van der Waals surface area contributed by atoms with Gasteiger partial charge in [0, 0.05) is 5.56 Å². The standard InChI is InChI=1S/C18H20O8/c1-2-3-6-10-9-5-4-7-11(13(9)17(23)24-10)25-18-16(22)15(21)14(20)12(8-19)26-18/h2-7,12,14-16,18-22H,8H2,1H3/b3-2+,10-6-/t12?,14-,15?,16?,18-/m1/s1. The number of esters is 1. The molecule has 0 aromatic heterocycles. The summed E-state index contributed by atoms with van der Waals surface area (Å²) in [5.41, 5.74) is 0.690. The van der Waals surface area contributed by atoms with E-state index in [1.807, 2.05) is 6.92 Å². The topological polar surface area (TPSA) is 126 Å². The molecule has 1 aromatic rings. The second-order valence-corrected chi connectivity index (χ2v) is 5.94. The highest BCUT2D eigenvalue weighted by Gasteiger charge is 2.45. The summed E-state index contributed by atoms with van der Waals surface area (Å²) in [6.45, 7) is 1.25. The smallest absolute Gasteiger partial charge is 0.348 e. The second kappa shape index (κ2) is 7.56. The van der Waals surface area contributed by atoms with Crippen molar-refractivity contribution < 1.29 is 39.4 Å². The van der Waals surface area contributed by atoms with E-state index in [9.17, 15) is 25.2 Å². The molecule has 140 valence electrons. The van der Waals surface area contributed by atoms with Crippen LogP contribution in [0.25, 0.3) is 5.76 Å². The molecular weight excluding hydrogens is 344 g/mol. The lowest BCUT2D eigenvalue weighted by molar-refractivity contribution is -0.277. The van der Waals surface area contributed by atoms with E-state index < -0.39 is 43.3 Å². The van der Waals surface area contributed by atoms with Crippen molar-refractivity contribution >= 4 is 11.7 Å². The van der Waals surface area contributed by atoms with Crippen LogP contribution >= 0.6 is 0 Å². The molecule has 4 N–H and O–H groups in total. The van der Waals surface area contributed by atoms with Crippen LogP contribution in [0.4, 0.5) is 0 Å². The summed E-state index contributed by atoms with van der Waals surface area (Å²) in [6, 6.07) is 4.83. The normalized spacial score (nSPS) is 32.7. The Morgan fingerprint density at radius 1 is 1.19 bits per heavy atom. The number of aliphatic hydroxyl groups is 4. The van der Waals surface area contributed by atoms with E-state index in [-0.39, 0.29) is 11.3 Å². The van der Waals surface area contributed by atoms with Gasteiger partial charge in [0.15, 0.2) is 0 Å². The molecule has 0 aliphatic carbocycles. The fourth-order valence-electron chi connectivity index (χ4n) is 2.85. The molecule has 8 nitrogen and oxygen atoms in total. The van der Waals surface area contributed by atoms with Crippen LogP contribution in [0.15, 0.2) is 36.4 Å². The van der Waals surface area contributed by atoms with Crippen molar-refractivity contribution in [2.24, 2.45) is 0 Å². The zero-order valence-corrected chi connectivity index (χ0v) is 14.0. The lowest BCUT2D eigenvalue weighted by Crippen LogP contribution is -2.60. The number of aliphatic hydroxyl groups excluding tert-OH is 4.